The molecule has 0 N–H and O–H groups in total. The van der Waals surface area contributed by atoms with Gasteiger partial charge in [-0.25, -0.2) is 37.9 Å². The lowest BCUT2D eigenvalue weighted by Gasteiger charge is -2.02. The monoisotopic (exact) mass is 228 g/mol. The van der Waals surface area contributed by atoms with E-state index < -0.39 is 17.1 Å². The zero-order chi connectivity index (χ0) is 12.9. The van der Waals surface area contributed by atoms with Gasteiger partial charge in [0, 0.05) is 28.2 Å². The van der Waals surface area contributed by atoms with Crippen molar-refractivity contribution in [3.8, 4) is 0 Å². The summed E-state index contributed by atoms with van der Waals surface area (Å²) < 4.78 is 2.63. The minimum atomic E-state index is -0.608. The molecule has 0 fully saturated rings. The molecule has 0 spiro atoms. The molecule has 1 aromatic rings. The molecule has 8 heteroatoms. The van der Waals surface area contributed by atoms with Crippen LogP contribution in [-0.2, 0) is 25.9 Å². The second kappa shape index (κ2) is 5.62. The molecule has 1 rings (SSSR count). The number of rotatable bonds is 0. The summed E-state index contributed by atoms with van der Waals surface area (Å²) in [6.07, 6.45) is 1.31. The molecule has 0 aliphatic carbocycles. The lowest BCUT2D eigenvalue weighted by atomic mass is 10.8. The molecule has 0 unspecified atom stereocenters. The molecule has 0 saturated heterocycles. The minimum absolute atomic E-state index is 0.608. The molecule has 0 bridgehead atoms. The van der Waals surface area contributed by atoms with E-state index in [0.29, 0.717) is 0 Å². The zero-order valence-corrected chi connectivity index (χ0v) is 9.42. The van der Waals surface area contributed by atoms with Crippen molar-refractivity contribution in [2.24, 2.45) is 26.1 Å². The van der Waals surface area contributed by atoms with Crippen molar-refractivity contribution in [1.29, 1.82) is 0 Å². The quantitative estimate of drug-likeness (QED) is 0.369. The Bertz CT molecular complexity index is 484. The van der Waals surface area contributed by atoms with Gasteiger partial charge in [-0.15, -0.1) is 0 Å². The van der Waals surface area contributed by atoms with E-state index in [4.69, 9.17) is 4.79 Å². The Labute approximate surface area is 90.1 Å². The van der Waals surface area contributed by atoms with Crippen LogP contribution in [0.2, 0.25) is 0 Å². The van der Waals surface area contributed by atoms with E-state index in [0.717, 1.165) is 13.7 Å². The lowest BCUT2D eigenvalue weighted by molar-refractivity contribution is 0.551. The second-order valence-corrected chi connectivity index (χ2v) is 2.84. The van der Waals surface area contributed by atoms with E-state index in [-0.39, 0.29) is 0 Å². The molecular formula is C8H12N4O4. The van der Waals surface area contributed by atoms with Gasteiger partial charge < -0.3 is 0 Å². The highest BCUT2D eigenvalue weighted by atomic mass is 16.2. The molecule has 0 aliphatic rings. The molecule has 8 nitrogen and oxygen atoms in total. The van der Waals surface area contributed by atoms with Gasteiger partial charge in [0.05, 0.1) is 0 Å². The van der Waals surface area contributed by atoms with Gasteiger partial charge in [0.2, 0.25) is 6.08 Å². The Balaban J connectivity index is 0.000000487. The van der Waals surface area contributed by atoms with Crippen LogP contribution in [0.5, 0.6) is 0 Å². The summed E-state index contributed by atoms with van der Waals surface area (Å²) in [6, 6.07) is 0. The summed E-state index contributed by atoms with van der Waals surface area (Å²) in [7, 11) is 5.35. The van der Waals surface area contributed by atoms with Crippen LogP contribution in [-0.4, -0.2) is 26.8 Å². The van der Waals surface area contributed by atoms with Gasteiger partial charge in [-0.3, -0.25) is 0 Å². The molecule has 0 amide bonds. The number of hydrogen-bond donors (Lipinski definition) is 0. The van der Waals surface area contributed by atoms with Crippen LogP contribution >= 0.6 is 0 Å². The third-order valence-corrected chi connectivity index (χ3v) is 1.81. The number of isocyanates is 1. The zero-order valence-electron chi connectivity index (χ0n) is 9.42. The largest absolute Gasteiger partial charge is 0.335 e. The SMILES string of the molecule is CN=C=O.Cn1c(=O)n(C)c(=O)n(C)c1=O. The molecule has 0 aliphatic heterocycles. The molecular weight excluding hydrogens is 216 g/mol. The summed E-state index contributed by atoms with van der Waals surface area (Å²) >= 11 is 0. The second-order valence-electron chi connectivity index (χ2n) is 2.84. The fourth-order valence-corrected chi connectivity index (χ4v) is 0.920. The van der Waals surface area contributed by atoms with Crippen molar-refractivity contribution in [2.75, 3.05) is 7.05 Å². The smallest absolute Gasteiger partial charge is 0.248 e. The van der Waals surface area contributed by atoms with Gasteiger partial charge >= 0.3 is 17.1 Å². The van der Waals surface area contributed by atoms with Crippen molar-refractivity contribution in [2.45, 2.75) is 0 Å². The van der Waals surface area contributed by atoms with E-state index in [1.165, 1.54) is 34.3 Å². The number of aromatic nitrogens is 3. The Morgan fingerprint density at radius 3 is 1.19 bits per heavy atom. The summed E-state index contributed by atoms with van der Waals surface area (Å²) in [5.74, 6) is 0. The highest BCUT2D eigenvalue weighted by Gasteiger charge is 2.05. The predicted molar refractivity (Wildman–Crippen MR) is 56.2 cm³/mol. The first-order chi connectivity index (χ1) is 7.38. The molecule has 16 heavy (non-hydrogen) atoms. The van der Waals surface area contributed by atoms with Crippen molar-refractivity contribution < 1.29 is 4.79 Å². The molecule has 1 aromatic heterocycles. The average molecular weight is 228 g/mol. The van der Waals surface area contributed by atoms with E-state index in [9.17, 15) is 14.4 Å². The average Bonchev–Trinajstić information content (AvgIpc) is 2.31. The highest BCUT2D eigenvalue weighted by molar-refractivity contribution is 5.32. The predicted octanol–water partition coefficient (Wildman–Crippen LogP) is -2.27. The minimum Gasteiger partial charge on any atom is -0.248 e. The third-order valence-electron chi connectivity index (χ3n) is 1.81. The summed E-state index contributed by atoms with van der Waals surface area (Å²) in [5.41, 5.74) is -1.82. The highest BCUT2D eigenvalue weighted by Crippen LogP contribution is 1.58. The van der Waals surface area contributed by atoms with Crippen molar-refractivity contribution >= 4 is 6.08 Å². The van der Waals surface area contributed by atoms with Crippen molar-refractivity contribution in [3.05, 3.63) is 31.5 Å². The molecule has 0 aromatic carbocycles. The first-order valence-corrected chi connectivity index (χ1v) is 4.17. The number of aliphatic imine (C=N–C) groups is 1. The summed E-state index contributed by atoms with van der Waals surface area (Å²) in [4.78, 5) is 45.0. The lowest BCUT2D eigenvalue weighted by Crippen LogP contribution is -2.51. The summed E-state index contributed by atoms with van der Waals surface area (Å²) in [6.45, 7) is 0. The van der Waals surface area contributed by atoms with Crippen LogP contribution in [0.1, 0.15) is 0 Å². The van der Waals surface area contributed by atoms with Crippen LogP contribution in [0, 0.1) is 0 Å². The molecule has 0 radical (unpaired) electrons. The summed E-state index contributed by atoms with van der Waals surface area (Å²) in [5, 5.41) is 0. The van der Waals surface area contributed by atoms with E-state index in [1.54, 1.807) is 0 Å². The van der Waals surface area contributed by atoms with Gasteiger partial charge in [-0.2, -0.15) is 0 Å². The van der Waals surface area contributed by atoms with Crippen molar-refractivity contribution in [1.82, 2.24) is 13.7 Å². The van der Waals surface area contributed by atoms with Gasteiger partial charge in [-0.05, 0) is 0 Å². The topological polar surface area (TPSA) is 95.4 Å². The molecule has 88 valence electrons. The van der Waals surface area contributed by atoms with Gasteiger partial charge in [0.15, 0.2) is 0 Å². The number of hydrogen-bond acceptors (Lipinski definition) is 5. The van der Waals surface area contributed by atoms with Crippen LogP contribution < -0.4 is 17.1 Å². The molecule has 0 saturated carbocycles. The fourth-order valence-electron chi connectivity index (χ4n) is 0.920. The van der Waals surface area contributed by atoms with Gasteiger partial charge in [0.25, 0.3) is 0 Å². The number of carbonyl (C=O) groups excluding carboxylic acids is 1. The Hall–Kier alpha value is -2.21. The normalized spacial score (nSPS) is 8.75. The molecule has 0 atom stereocenters. The van der Waals surface area contributed by atoms with E-state index in [1.807, 2.05) is 0 Å². The maximum Gasteiger partial charge on any atom is 0.335 e. The number of nitrogens with zero attached hydrogens (tertiary/aromatic N) is 4. The van der Waals surface area contributed by atoms with Crippen LogP contribution in [0.4, 0.5) is 0 Å². The third kappa shape index (κ3) is 2.64. The fraction of sp³-hybridized carbons (Fsp3) is 0.500. The standard InChI is InChI=1S/C6H9N3O3.C2H3NO/c1-7-4(10)8(2)6(12)9(3)5(7)11;1-3-2-4/h1-3H3;1H3. The maximum absolute atomic E-state index is 11.1. The first-order valence-electron chi connectivity index (χ1n) is 4.17. The van der Waals surface area contributed by atoms with Crippen LogP contribution in [0.3, 0.4) is 0 Å². The Morgan fingerprint density at radius 2 is 1.06 bits per heavy atom. The van der Waals surface area contributed by atoms with E-state index >= 15 is 0 Å². The van der Waals surface area contributed by atoms with E-state index in [2.05, 4.69) is 4.99 Å². The first kappa shape index (κ1) is 13.8. The Morgan fingerprint density at radius 1 is 0.875 bits per heavy atom. The Kier molecular flexibility index (Phi) is 4.84. The van der Waals surface area contributed by atoms with Gasteiger partial charge in [-0.1, -0.05) is 0 Å². The van der Waals surface area contributed by atoms with Crippen LogP contribution in [0.25, 0.3) is 0 Å². The van der Waals surface area contributed by atoms with Crippen molar-refractivity contribution in [3.63, 3.8) is 0 Å². The molecule has 1 heterocycles. The van der Waals surface area contributed by atoms with Crippen LogP contribution in [0.15, 0.2) is 19.4 Å². The maximum atomic E-state index is 11.1. The van der Waals surface area contributed by atoms with Gasteiger partial charge in [0.1, 0.15) is 0 Å².